The van der Waals surface area contributed by atoms with Crippen molar-refractivity contribution in [3.8, 4) is 11.1 Å². The Morgan fingerprint density at radius 1 is 1.14 bits per heavy atom. The summed E-state index contributed by atoms with van der Waals surface area (Å²) >= 11 is 0. The third-order valence-electron chi connectivity index (χ3n) is 7.71. The normalized spacial score (nSPS) is 18.3. The zero-order valence-electron chi connectivity index (χ0n) is 26.6. The van der Waals surface area contributed by atoms with Crippen LogP contribution in [0.3, 0.4) is 0 Å². The van der Waals surface area contributed by atoms with Crippen LogP contribution in [0.1, 0.15) is 29.4 Å². The highest BCUT2D eigenvalue weighted by atomic mass is 19.4. The van der Waals surface area contributed by atoms with Gasteiger partial charge in [0.25, 0.3) is 0 Å². The fourth-order valence-electron chi connectivity index (χ4n) is 5.64. The summed E-state index contributed by atoms with van der Waals surface area (Å²) in [6.07, 6.45) is 1.13. The molecule has 1 saturated carbocycles. The van der Waals surface area contributed by atoms with Gasteiger partial charge in [-0.1, -0.05) is 0 Å². The van der Waals surface area contributed by atoms with E-state index in [9.17, 15) is 22.8 Å². The summed E-state index contributed by atoms with van der Waals surface area (Å²) in [5.41, 5.74) is 1.36. The molecular weight excluding hydrogens is 583 g/mol. The number of fused-ring (bicyclic) bond motifs is 2. The maximum Gasteiger partial charge on any atom is 0.504 e. The lowest BCUT2D eigenvalue weighted by atomic mass is 10.1. The van der Waals surface area contributed by atoms with Crippen LogP contribution in [0.2, 0.25) is 0 Å². The second-order valence-electron chi connectivity index (χ2n) is 10.4. The molecule has 0 spiro atoms. The largest absolute Gasteiger partial charge is 0.504 e. The molecule has 0 unspecified atom stereocenters. The Kier molecular flexibility index (Phi) is 6.60. The van der Waals surface area contributed by atoms with Gasteiger partial charge in [0.1, 0.15) is 11.6 Å². The van der Waals surface area contributed by atoms with Gasteiger partial charge in [-0.15, -0.1) is 13.2 Å². The minimum Gasteiger partial charge on any atom is -0.453 e. The second kappa shape index (κ2) is 11.3. The van der Waals surface area contributed by atoms with E-state index < -0.39 is 31.1 Å². The summed E-state index contributed by atoms with van der Waals surface area (Å²) in [4.78, 5) is 34.3. The zero-order valence-corrected chi connectivity index (χ0v) is 23.6. The van der Waals surface area contributed by atoms with E-state index in [4.69, 9.17) is 8.85 Å². The number of halogens is 3. The number of methoxy groups -OCH3 is 2. The average Bonchev–Trinajstić information content (AvgIpc) is 3.79. The maximum absolute atomic E-state index is 13.5. The van der Waals surface area contributed by atoms with Crippen molar-refractivity contribution >= 4 is 39.8 Å². The molecule has 5 aromatic heterocycles. The summed E-state index contributed by atoms with van der Waals surface area (Å²) in [5, 5.41) is 9.27. The van der Waals surface area contributed by atoms with Crippen LogP contribution in [0, 0.1) is 0 Å². The molecule has 13 nitrogen and oxygen atoms in total. The molecule has 1 fully saturated rings. The Morgan fingerprint density at radius 3 is 2.70 bits per heavy atom. The molecule has 1 aliphatic rings. The molecule has 0 bridgehead atoms. The van der Waals surface area contributed by atoms with Gasteiger partial charge in [0, 0.05) is 66.4 Å². The number of pyridine rings is 2. The number of aryl methyl sites for hydroxylation is 1. The van der Waals surface area contributed by atoms with Crippen molar-refractivity contribution < 1.29 is 31.6 Å². The van der Waals surface area contributed by atoms with Crippen molar-refractivity contribution in [2.75, 3.05) is 26.1 Å². The smallest absolute Gasteiger partial charge is 0.453 e. The highest BCUT2D eigenvalue weighted by Crippen LogP contribution is 2.34. The topological polar surface area (TPSA) is 135 Å². The monoisotopic (exact) mass is 616 g/mol. The van der Waals surface area contributed by atoms with Crippen LogP contribution in [0.5, 0.6) is 0 Å². The van der Waals surface area contributed by atoms with Gasteiger partial charge in [0.15, 0.2) is 0 Å². The minimum atomic E-state index is -4.69. The SMILES string of the molecule is [2H]C([2H])([2H])n1c(=O)n([C@@H]2CC[C@@H](NC(=O)OC)C2)c2cc(Nc3ccc4c(n3)c(-c3cnn(C(F)(F)F)c3)cn4CCOC)ncc21. The van der Waals surface area contributed by atoms with Gasteiger partial charge in [-0.3, -0.25) is 9.13 Å². The number of hydrogen-bond acceptors (Lipinski definition) is 8. The zero-order chi connectivity index (χ0) is 33.7. The standard InChI is InChI=1S/C28H30F3N9O4/c1-37-22-13-32-24(11-21(22)40(27(37)42)18-5-4-17(10-18)34-26(41)44-3)35-23-7-6-20-25(36-23)19(15-38(20)8-9-43-2)16-12-33-39(14-16)28(29,30)31/h6-7,11-15,17-18H,4-5,8-10H2,1-3H3,(H,34,41)(H,32,35,36)/t17-,18-/m1/s1/i1D3. The molecular formula is C28H30F3N9O4. The van der Waals surface area contributed by atoms with Crippen molar-refractivity contribution in [2.24, 2.45) is 6.98 Å². The predicted octanol–water partition coefficient (Wildman–Crippen LogP) is 4.26. The van der Waals surface area contributed by atoms with Gasteiger partial charge < -0.3 is 24.7 Å². The molecule has 0 aliphatic heterocycles. The summed E-state index contributed by atoms with van der Waals surface area (Å²) in [7, 11) is 2.80. The van der Waals surface area contributed by atoms with E-state index in [2.05, 4.69) is 30.4 Å². The quantitative estimate of drug-likeness (QED) is 0.264. The molecule has 44 heavy (non-hydrogen) atoms. The lowest BCUT2D eigenvalue weighted by Gasteiger charge is -2.14. The number of rotatable bonds is 8. The first-order chi connectivity index (χ1) is 22.3. The second-order valence-corrected chi connectivity index (χ2v) is 10.4. The summed E-state index contributed by atoms with van der Waals surface area (Å²) in [5.74, 6) is 0.541. The number of ether oxygens (including phenoxy) is 2. The van der Waals surface area contributed by atoms with Crippen molar-refractivity contribution in [1.29, 1.82) is 0 Å². The number of nitrogens with one attached hydrogen (secondary N) is 2. The number of anilines is 2. The molecule has 16 heteroatoms. The van der Waals surface area contributed by atoms with Gasteiger partial charge in [-0.25, -0.2) is 19.6 Å². The molecule has 1 aliphatic carbocycles. The molecule has 6 rings (SSSR count). The van der Waals surface area contributed by atoms with Crippen molar-refractivity contribution in [3.63, 3.8) is 0 Å². The minimum absolute atomic E-state index is 0.0785. The highest BCUT2D eigenvalue weighted by Gasteiger charge is 2.32. The number of hydrogen-bond donors (Lipinski definition) is 2. The number of aromatic nitrogens is 7. The van der Waals surface area contributed by atoms with E-state index >= 15 is 0 Å². The maximum atomic E-state index is 13.5. The van der Waals surface area contributed by atoms with E-state index in [0.717, 1.165) is 17.0 Å². The number of imidazole rings is 1. The number of alkyl carbamates (subject to hydrolysis) is 1. The first-order valence-corrected chi connectivity index (χ1v) is 13.6. The molecule has 2 N–H and O–H groups in total. The van der Waals surface area contributed by atoms with Crippen LogP contribution in [0.25, 0.3) is 33.2 Å². The van der Waals surface area contributed by atoms with Crippen molar-refractivity contribution in [3.05, 3.63) is 53.5 Å². The predicted molar refractivity (Wildman–Crippen MR) is 155 cm³/mol. The van der Waals surface area contributed by atoms with Gasteiger partial charge >= 0.3 is 18.1 Å². The highest BCUT2D eigenvalue weighted by molar-refractivity contribution is 5.94. The van der Waals surface area contributed by atoms with E-state index in [1.807, 2.05) is 4.57 Å². The molecule has 2 atom stereocenters. The van der Waals surface area contributed by atoms with Crippen molar-refractivity contribution in [1.82, 2.24) is 38.8 Å². The van der Waals surface area contributed by atoms with Gasteiger partial charge in [-0.2, -0.15) is 9.78 Å². The lowest BCUT2D eigenvalue weighted by molar-refractivity contribution is -0.212. The molecule has 5 aromatic rings. The molecule has 0 radical (unpaired) electrons. The number of nitrogens with zero attached hydrogens (tertiary/aromatic N) is 7. The van der Waals surface area contributed by atoms with Crippen LogP contribution in [0.4, 0.5) is 29.6 Å². The van der Waals surface area contributed by atoms with Crippen LogP contribution in [-0.2, 0) is 29.3 Å². The molecule has 5 heterocycles. The summed E-state index contributed by atoms with van der Waals surface area (Å²) in [6, 6.07) is 4.29. The van der Waals surface area contributed by atoms with E-state index in [-0.39, 0.29) is 27.6 Å². The number of carbonyl (C=O) groups excluding carboxylic acids is 1. The third kappa shape index (κ3) is 5.36. The summed E-state index contributed by atoms with van der Waals surface area (Å²) in [6.45, 7) is -2.01. The van der Waals surface area contributed by atoms with E-state index in [1.54, 1.807) is 31.5 Å². The van der Waals surface area contributed by atoms with Crippen LogP contribution in [-0.4, -0.2) is 66.4 Å². The van der Waals surface area contributed by atoms with Crippen LogP contribution in [0.15, 0.2) is 47.8 Å². The van der Waals surface area contributed by atoms with E-state index in [0.29, 0.717) is 60.3 Å². The Bertz CT molecular complexity index is 2020. The van der Waals surface area contributed by atoms with Crippen LogP contribution < -0.4 is 16.3 Å². The average molecular weight is 617 g/mol. The van der Waals surface area contributed by atoms with Crippen LogP contribution >= 0.6 is 0 Å². The first kappa shape index (κ1) is 25.6. The molecule has 232 valence electrons. The Balaban J connectivity index is 1.39. The molecule has 0 saturated heterocycles. The fraction of sp³-hybridized carbons (Fsp3) is 0.393. The summed E-state index contributed by atoms with van der Waals surface area (Å²) < 4.78 is 77.6. The van der Waals surface area contributed by atoms with Crippen molar-refractivity contribution in [2.45, 2.75) is 44.2 Å². The first-order valence-electron chi connectivity index (χ1n) is 15.1. The fourth-order valence-corrected chi connectivity index (χ4v) is 5.64. The molecule has 1 amide bonds. The Labute approximate surface area is 252 Å². The van der Waals surface area contributed by atoms with Gasteiger partial charge in [0.2, 0.25) is 0 Å². The number of amides is 1. The lowest BCUT2D eigenvalue weighted by Crippen LogP contribution is -2.33. The van der Waals surface area contributed by atoms with Gasteiger partial charge in [0.05, 0.1) is 48.2 Å². The van der Waals surface area contributed by atoms with E-state index in [1.165, 1.54) is 17.9 Å². The number of carbonyl (C=O) groups is 1. The number of alkyl halides is 3. The Hall–Kier alpha value is -4.86. The Morgan fingerprint density at radius 2 is 1.98 bits per heavy atom. The molecule has 0 aromatic carbocycles. The van der Waals surface area contributed by atoms with Gasteiger partial charge in [-0.05, 0) is 31.4 Å². The third-order valence-corrected chi connectivity index (χ3v) is 7.71.